The molecule has 1 saturated carbocycles. The summed E-state index contributed by atoms with van der Waals surface area (Å²) < 4.78 is 0. The Hall–Kier alpha value is -7.22. The van der Waals surface area contributed by atoms with Crippen LogP contribution >= 0.6 is 0 Å². The summed E-state index contributed by atoms with van der Waals surface area (Å²) in [6, 6.07) is 77.9. The van der Waals surface area contributed by atoms with Crippen molar-refractivity contribution in [2.75, 3.05) is 4.90 Å². The summed E-state index contributed by atoms with van der Waals surface area (Å²) in [6.45, 7) is 0. The van der Waals surface area contributed by atoms with Crippen LogP contribution in [0, 0.1) is 0 Å². The molecule has 0 N–H and O–H groups in total. The van der Waals surface area contributed by atoms with Crippen molar-refractivity contribution in [1.29, 1.82) is 0 Å². The van der Waals surface area contributed by atoms with E-state index in [1.54, 1.807) is 0 Å². The van der Waals surface area contributed by atoms with Crippen LogP contribution in [-0.2, 0) is 5.41 Å². The Balaban J connectivity index is 0.916. The monoisotopic (exact) mass is 767 g/mol. The molecule has 0 unspecified atom stereocenters. The second kappa shape index (κ2) is 15.2. The van der Waals surface area contributed by atoms with Gasteiger partial charge in [-0.05, 0) is 127 Å². The zero-order valence-corrected chi connectivity index (χ0v) is 33.6. The molecule has 1 nitrogen and oxygen atoms in total. The fourth-order valence-corrected chi connectivity index (χ4v) is 10.2. The highest BCUT2D eigenvalue weighted by Crippen LogP contribution is 2.58. The lowest BCUT2D eigenvalue weighted by Crippen LogP contribution is -2.21. The molecular formula is C59H45N. The zero-order valence-electron chi connectivity index (χ0n) is 33.6. The normalized spacial score (nSPS) is 13.8. The molecule has 0 bridgehead atoms. The fourth-order valence-electron chi connectivity index (χ4n) is 10.2. The molecule has 1 heteroatoms. The lowest BCUT2D eigenvalue weighted by atomic mass is 9.76. The van der Waals surface area contributed by atoms with Gasteiger partial charge in [0.25, 0.3) is 0 Å². The SMILES string of the molecule is C(=C\c1ccc2c(c1)C1(CCCC1)c1cc(N(c3ccccc3)c3ccccc3)ccc1-2)/c1ccc(-c2ccc(-c3ccccc3)c3c(-c4ccccc4)cccc23)cc1. The number of hydrogen-bond acceptors (Lipinski definition) is 1. The first-order valence-electron chi connectivity index (χ1n) is 21.4. The van der Waals surface area contributed by atoms with Crippen LogP contribution < -0.4 is 4.90 Å². The smallest absolute Gasteiger partial charge is 0.0465 e. The van der Waals surface area contributed by atoms with E-state index in [1.807, 2.05) is 0 Å². The molecule has 0 atom stereocenters. The van der Waals surface area contributed by atoms with E-state index >= 15 is 0 Å². The molecule has 11 rings (SSSR count). The minimum Gasteiger partial charge on any atom is -0.310 e. The Morgan fingerprint density at radius 1 is 0.350 bits per heavy atom. The Morgan fingerprint density at radius 3 is 1.47 bits per heavy atom. The van der Waals surface area contributed by atoms with Crippen LogP contribution in [0.1, 0.15) is 47.9 Å². The largest absolute Gasteiger partial charge is 0.310 e. The van der Waals surface area contributed by atoms with Gasteiger partial charge in [-0.1, -0.05) is 201 Å². The number of para-hydroxylation sites is 2. The Labute approximate surface area is 353 Å². The van der Waals surface area contributed by atoms with Crippen molar-refractivity contribution in [3.63, 3.8) is 0 Å². The number of rotatable bonds is 8. The van der Waals surface area contributed by atoms with Crippen LogP contribution in [0.15, 0.2) is 212 Å². The highest BCUT2D eigenvalue weighted by Gasteiger charge is 2.45. The lowest BCUT2D eigenvalue weighted by Gasteiger charge is -2.30. The van der Waals surface area contributed by atoms with Gasteiger partial charge in [0.15, 0.2) is 0 Å². The minimum atomic E-state index is 0.0461. The number of benzene rings is 9. The van der Waals surface area contributed by atoms with Gasteiger partial charge < -0.3 is 4.90 Å². The quantitative estimate of drug-likeness (QED) is 0.139. The molecule has 0 saturated heterocycles. The van der Waals surface area contributed by atoms with Crippen LogP contribution in [0.4, 0.5) is 17.1 Å². The molecule has 0 heterocycles. The summed E-state index contributed by atoms with van der Waals surface area (Å²) in [5.41, 5.74) is 19.3. The van der Waals surface area contributed by atoms with Crippen molar-refractivity contribution >= 4 is 40.0 Å². The molecule has 286 valence electrons. The molecule has 9 aromatic rings. The van der Waals surface area contributed by atoms with Crippen molar-refractivity contribution in [2.45, 2.75) is 31.1 Å². The molecule has 1 fully saturated rings. The highest BCUT2D eigenvalue weighted by atomic mass is 15.1. The summed E-state index contributed by atoms with van der Waals surface area (Å²) in [6.07, 6.45) is 9.47. The molecule has 0 amide bonds. The van der Waals surface area contributed by atoms with Gasteiger partial charge in [-0.3, -0.25) is 0 Å². The van der Waals surface area contributed by atoms with Crippen LogP contribution in [0.3, 0.4) is 0 Å². The molecule has 0 aromatic heterocycles. The first kappa shape index (κ1) is 35.9. The van der Waals surface area contributed by atoms with Gasteiger partial charge in [0.05, 0.1) is 0 Å². The summed E-state index contributed by atoms with van der Waals surface area (Å²) in [5, 5.41) is 2.55. The lowest BCUT2D eigenvalue weighted by molar-refractivity contribution is 0.550. The number of hydrogen-bond donors (Lipinski definition) is 0. The second-order valence-electron chi connectivity index (χ2n) is 16.4. The molecule has 60 heavy (non-hydrogen) atoms. The first-order chi connectivity index (χ1) is 29.7. The average molecular weight is 768 g/mol. The van der Waals surface area contributed by atoms with E-state index in [0.717, 1.165) is 0 Å². The molecule has 2 aliphatic carbocycles. The zero-order chi connectivity index (χ0) is 39.9. The Bertz CT molecular complexity index is 2910. The molecule has 0 aliphatic heterocycles. The van der Waals surface area contributed by atoms with E-state index in [-0.39, 0.29) is 5.41 Å². The maximum atomic E-state index is 2.50. The van der Waals surface area contributed by atoms with Crippen molar-refractivity contribution in [2.24, 2.45) is 0 Å². The standard InChI is InChI=1S/C59H45N/c1-5-16-44(17-6-1)51-24-15-25-55-50(36-37-52(58(51)55)45-18-7-2-8-19-45)46-31-28-42(29-32-46)26-27-43-30-34-53-54-35-33-49(41-57(54)59(56(53)40-43)38-13-14-39-59)60(47-20-9-3-10-21-47)48-22-11-4-12-23-48/h1-12,15-37,40-41H,13-14,38-39H2/b27-26+. The second-order valence-corrected chi connectivity index (χ2v) is 16.4. The average Bonchev–Trinajstić information content (AvgIpc) is 3.92. The van der Waals surface area contributed by atoms with Crippen molar-refractivity contribution in [1.82, 2.24) is 0 Å². The summed E-state index contributed by atoms with van der Waals surface area (Å²) >= 11 is 0. The van der Waals surface area contributed by atoms with E-state index in [0.29, 0.717) is 0 Å². The van der Waals surface area contributed by atoms with Crippen LogP contribution in [0.25, 0.3) is 67.4 Å². The van der Waals surface area contributed by atoms with Gasteiger partial charge in [0, 0.05) is 22.5 Å². The summed E-state index contributed by atoms with van der Waals surface area (Å²) in [4.78, 5) is 2.40. The van der Waals surface area contributed by atoms with Crippen LogP contribution in [0.5, 0.6) is 0 Å². The van der Waals surface area contributed by atoms with Gasteiger partial charge in [-0.2, -0.15) is 0 Å². The molecule has 1 spiro atoms. The van der Waals surface area contributed by atoms with Crippen molar-refractivity contribution in [3.05, 3.63) is 235 Å². The van der Waals surface area contributed by atoms with Gasteiger partial charge in [0.2, 0.25) is 0 Å². The van der Waals surface area contributed by atoms with Crippen LogP contribution in [-0.4, -0.2) is 0 Å². The maximum Gasteiger partial charge on any atom is 0.0465 e. The van der Waals surface area contributed by atoms with Gasteiger partial charge in [-0.15, -0.1) is 0 Å². The first-order valence-corrected chi connectivity index (χ1v) is 21.4. The van der Waals surface area contributed by atoms with Gasteiger partial charge in [0.1, 0.15) is 0 Å². The molecule has 9 aromatic carbocycles. The van der Waals surface area contributed by atoms with Gasteiger partial charge >= 0.3 is 0 Å². The molecule has 0 radical (unpaired) electrons. The third kappa shape index (κ3) is 6.26. The molecular weight excluding hydrogens is 723 g/mol. The third-order valence-corrected chi connectivity index (χ3v) is 13.0. The number of nitrogens with zero attached hydrogens (tertiary/aromatic N) is 1. The van der Waals surface area contributed by atoms with E-state index in [2.05, 4.69) is 229 Å². The third-order valence-electron chi connectivity index (χ3n) is 13.0. The predicted molar refractivity (Wildman–Crippen MR) is 255 cm³/mol. The van der Waals surface area contributed by atoms with E-state index in [1.165, 1.54) is 120 Å². The number of fused-ring (bicyclic) bond motifs is 6. The summed E-state index contributed by atoms with van der Waals surface area (Å²) in [7, 11) is 0. The van der Waals surface area contributed by atoms with E-state index in [9.17, 15) is 0 Å². The maximum absolute atomic E-state index is 2.50. The number of anilines is 3. The van der Waals surface area contributed by atoms with Crippen molar-refractivity contribution < 1.29 is 0 Å². The van der Waals surface area contributed by atoms with Crippen molar-refractivity contribution in [3.8, 4) is 44.5 Å². The predicted octanol–water partition coefficient (Wildman–Crippen LogP) is 16.3. The van der Waals surface area contributed by atoms with E-state index < -0.39 is 0 Å². The molecule has 2 aliphatic rings. The topological polar surface area (TPSA) is 3.24 Å². The minimum absolute atomic E-state index is 0.0461. The summed E-state index contributed by atoms with van der Waals surface area (Å²) in [5.74, 6) is 0. The highest BCUT2D eigenvalue weighted by molar-refractivity contribution is 6.12. The Kier molecular flexibility index (Phi) is 9.09. The van der Waals surface area contributed by atoms with Gasteiger partial charge in [-0.25, -0.2) is 0 Å². The van der Waals surface area contributed by atoms with Crippen LogP contribution in [0.2, 0.25) is 0 Å². The van der Waals surface area contributed by atoms with E-state index in [4.69, 9.17) is 0 Å². The Morgan fingerprint density at radius 2 is 0.833 bits per heavy atom. The fraction of sp³-hybridized carbons (Fsp3) is 0.0847.